The average Bonchev–Trinajstić information content (AvgIpc) is 3.34. The molecule has 11 heteroatoms. The van der Waals surface area contributed by atoms with Gasteiger partial charge in [0.05, 0.1) is 18.3 Å². The van der Waals surface area contributed by atoms with Crippen molar-refractivity contribution in [3.63, 3.8) is 0 Å². The molecule has 0 saturated carbocycles. The molecule has 4 heterocycles. The quantitative estimate of drug-likeness (QED) is 0.432. The van der Waals surface area contributed by atoms with Gasteiger partial charge in [-0.3, -0.25) is 9.48 Å². The third-order valence-corrected chi connectivity index (χ3v) is 5.07. The predicted octanol–water partition coefficient (Wildman–Crippen LogP) is 3.22. The van der Waals surface area contributed by atoms with Crippen LogP contribution in [0.4, 0.5) is 14.6 Å². The summed E-state index contributed by atoms with van der Waals surface area (Å²) in [5.41, 5.74) is 1.24. The van der Waals surface area contributed by atoms with Crippen LogP contribution in [-0.2, 0) is 11.8 Å². The van der Waals surface area contributed by atoms with Gasteiger partial charge in [0.1, 0.15) is 17.2 Å². The van der Waals surface area contributed by atoms with Gasteiger partial charge in [0.25, 0.3) is 0 Å². The number of anilines is 1. The maximum atomic E-state index is 15.3. The summed E-state index contributed by atoms with van der Waals surface area (Å²) in [5, 5.41) is 16.6. The second-order valence-corrected chi connectivity index (χ2v) is 7.27. The van der Waals surface area contributed by atoms with Crippen molar-refractivity contribution < 1.29 is 18.7 Å². The standard InChI is InChI=1S/C20H19F2N7O2/c1-9(20(30)31)10(2)26-19-15(22)16(11-5-25-29(3)8-11)27-18(28-19)14-7-24-17-13(14)4-12(21)6-23-17/h4-10H,1-3H3,(H,23,24)(H,30,31)(H,26,27,28)/t9-,10-/m0/s1. The Bertz CT molecular complexity index is 1280. The number of aliphatic carboxylic acids is 1. The Hall–Kier alpha value is -3.89. The number of hydrogen-bond donors (Lipinski definition) is 3. The zero-order valence-corrected chi connectivity index (χ0v) is 16.9. The van der Waals surface area contributed by atoms with E-state index in [4.69, 9.17) is 0 Å². The lowest BCUT2D eigenvalue weighted by molar-refractivity contribution is -0.141. The van der Waals surface area contributed by atoms with Crippen LogP contribution < -0.4 is 5.32 Å². The van der Waals surface area contributed by atoms with Crippen LogP contribution in [0.15, 0.2) is 30.9 Å². The van der Waals surface area contributed by atoms with E-state index in [2.05, 4.69) is 30.4 Å². The van der Waals surface area contributed by atoms with Crippen LogP contribution in [0.5, 0.6) is 0 Å². The number of H-pyrrole nitrogens is 1. The van der Waals surface area contributed by atoms with E-state index in [-0.39, 0.29) is 17.3 Å². The summed E-state index contributed by atoms with van der Waals surface area (Å²) < 4.78 is 30.6. The summed E-state index contributed by atoms with van der Waals surface area (Å²) in [6, 6.07) is 0.658. The Labute approximate surface area is 175 Å². The molecule has 2 atom stereocenters. The van der Waals surface area contributed by atoms with Crippen molar-refractivity contribution in [2.45, 2.75) is 19.9 Å². The van der Waals surface area contributed by atoms with Crippen molar-refractivity contribution >= 4 is 22.8 Å². The molecule has 0 fully saturated rings. The number of carbonyl (C=O) groups is 1. The molecule has 31 heavy (non-hydrogen) atoms. The van der Waals surface area contributed by atoms with Crippen molar-refractivity contribution in [2.75, 3.05) is 5.32 Å². The highest BCUT2D eigenvalue weighted by Gasteiger charge is 2.24. The fourth-order valence-electron chi connectivity index (χ4n) is 3.12. The minimum Gasteiger partial charge on any atom is -0.481 e. The van der Waals surface area contributed by atoms with Crippen LogP contribution in [-0.4, -0.2) is 46.8 Å². The second-order valence-electron chi connectivity index (χ2n) is 7.27. The van der Waals surface area contributed by atoms with E-state index in [1.165, 1.54) is 23.9 Å². The topological polar surface area (TPSA) is 122 Å². The molecule has 0 bridgehead atoms. The number of hydrogen-bond acceptors (Lipinski definition) is 6. The highest BCUT2D eigenvalue weighted by atomic mass is 19.1. The smallest absolute Gasteiger partial charge is 0.308 e. The first-order chi connectivity index (χ1) is 14.7. The molecule has 4 rings (SSSR count). The number of rotatable bonds is 6. The average molecular weight is 427 g/mol. The summed E-state index contributed by atoms with van der Waals surface area (Å²) >= 11 is 0. The Morgan fingerprint density at radius 1 is 1.26 bits per heavy atom. The SMILES string of the molecule is C[C@H](Nc1nc(-c2c[nH]c3ncc(F)cc23)nc(-c2cnn(C)c2)c1F)[C@H](C)C(=O)O. The number of aromatic amines is 1. The highest BCUT2D eigenvalue weighted by molar-refractivity contribution is 5.92. The Morgan fingerprint density at radius 2 is 2.03 bits per heavy atom. The molecule has 0 saturated heterocycles. The van der Waals surface area contributed by atoms with Gasteiger partial charge in [0.2, 0.25) is 0 Å². The van der Waals surface area contributed by atoms with Crippen molar-refractivity contribution in [1.82, 2.24) is 29.7 Å². The van der Waals surface area contributed by atoms with Crippen molar-refractivity contribution in [2.24, 2.45) is 13.0 Å². The molecule has 4 aromatic heterocycles. The number of pyridine rings is 1. The molecular formula is C20H19F2N7O2. The van der Waals surface area contributed by atoms with E-state index in [1.807, 2.05) is 0 Å². The van der Waals surface area contributed by atoms with Crippen molar-refractivity contribution in [3.8, 4) is 22.6 Å². The number of carboxylic acid groups (broad SMARTS) is 1. The third kappa shape index (κ3) is 3.81. The predicted molar refractivity (Wildman–Crippen MR) is 109 cm³/mol. The number of nitrogens with one attached hydrogen (secondary N) is 2. The minimum atomic E-state index is -1.03. The maximum absolute atomic E-state index is 15.3. The molecule has 0 aromatic carbocycles. The number of aromatic nitrogens is 6. The van der Waals surface area contributed by atoms with E-state index >= 15 is 4.39 Å². The van der Waals surface area contributed by atoms with Crippen LogP contribution in [0.3, 0.4) is 0 Å². The number of fused-ring (bicyclic) bond motifs is 1. The summed E-state index contributed by atoms with van der Waals surface area (Å²) in [6.07, 6.45) is 5.69. The maximum Gasteiger partial charge on any atom is 0.308 e. The largest absolute Gasteiger partial charge is 0.481 e. The molecule has 0 aliphatic rings. The first-order valence-corrected chi connectivity index (χ1v) is 9.43. The fourth-order valence-corrected chi connectivity index (χ4v) is 3.12. The van der Waals surface area contributed by atoms with Crippen molar-refractivity contribution in [3.05, 3.63) is 42.5 Å². The van der Waals surface area contributed by atoms with Crippen LogP contribution >= 0.6 is 0 Å². The molecule has 9 nitrogen and oxygen atoms in total. The molecule has 4 aromatic rings. The van der Waals surface area contributed by atoms with Gasteiger partial charge >= 0.3 is 5.97 Å². The molecule has 0 unspecified atom stereocenters. The zero-order valence-electron chi connectivity index (χ0n) is 16.9. The van der Waals surface area contributed by atoms with Gasteiger partial charge in [-0.25, -0.2) is 23.7 Å². The van der Waals surface area contributed by atoms with E-state index in [0.717, 1.165) is 6.20 Å². The molecule has 0 radical (unpaired) electrons. The minimum absolute atomic E-state index is 0.0190. The van der Waals surface area contributed by atoms with Gasteiger partial charge in [0.15, 0.2) is 17.5 Å². The van der Waals surface area contributed by atoms with Crippen LogP contribution in [0.2, 0.25) is 0 Å². The number of carboxylic acids is 1. The van der Waals surface area contributed by atoms with Crippen LogP contribution in [0.1, 0.15) is 13.8 Å². The first-order valence-electron chi connectivity index (χ1n) is 9.43. The summed E-state index contributed by atoms with van der Waals surface area (Å²) in [6.45, 7) is 3.13. The highest BCUT2D eigenvalue weighted by Crippen LogP contribution is 2.32. The molecule has 0 amide bonds. The lowest BCUT2D eigenvalue weighted by Crippen LogP contribution is -2.30. The van der Waals surface area contributed by atoms with Gasteiger partial charge in [0, 0.05) is 42.0 Å². The van der Waals surface area contributed by atoms with Gasteiger partial charge < -0.3 is 15.4 Å². The molecule has 160 valence electrons. The number of aryl methyl sites for hydroxylation is 1. The molecule has 0 aliphatic heterocycles. The van der Waals surface area contributed by atoms with E-state index in [1.54, 1.807) is 26.4 Å². The van der Waals surface area contributed by atoms with E-state index < -0.39 is 29.6 Å². The van der Waals surface area contributed by atoms with Crippen LogP contribution in [0.25, 0.3) is 33.7 Å². The Kier molecular flexibility index (Phi) is 5.09. The van der Waals surface area contributed by atoms with Crippen molar-refractivity contribution in [1.29, 1.82) is 0 Å². The number of halogens is 2. The molecule has 0 aliphatic carbocycles. The van der Waals surface area contributed by atoms with Gasteiger partial charge in [-0.2, -0.15) is 5.10 Å². The summed E-state index contributed by atoms with van der Waals surface area (Å²) in [4.78, 5) is 26.9. The Balaban J connectivity index is 1.88. The van der Waals surface area contributed by atoms with E-state index in [9.17, 15) is 14.3 Å². The van der Waals surface area contributed by atoms with Gasteiger partial charge in [-0.15, -0.1) is 0 Å². The summed E-state index contributed by atoms with van der Waals surface area (Å²) in [5.74, 6) is -3.15. The van der Waals surface area contributed by atoms with Gasteiger partial charge in [-0.1, -0.05) is 0 Å². The van der Waals surface area contributed by atoms with E-state index in [0.29, 0.717) is 22.2 Å². The first kappa shape index (κ1) is 20.4. The van der Waals surface area contributed by atoms with Crippen LogP contribution in [0, 0.1) is 17.6 Å². The molecule has 0 spiro atoms. The number of nitrogens with zero attached hydrogens (tertiary/aromatic N) is 5. The molecular weight excluding hydrogens is 408 g/mol. The monoisotopic (exact) mass is 427 g/mol. The molecule has 3 N–H and O–H groups in total. The lowest BCUT2D eigenvalue weighted by Gasteiger charge is -2.19. The normalized spacial score (nSPS) is 13.3. The lowest BCUT2D eigenvalue weighted by atomic mass is 10.0. The van der Waals surface area contributed by atoms with Gasteiger partial charge in [-0.05, 0) is 19.9 Å². The fraction of sp³-hybridized carbons (Fsp3) is 0.250. The second kappa shape index (κ2) is 7.74. The third-order valence-electron chi connectivity index (χ3n) is 5.07. The Morgan fingerprint density at radius 3 is 2.71 bits per heavy atom. The summed E-state index contributed by atoms with van der Waals surface area (Å²) in [7, 11) is 1.69. The zero-order chi connectivity index (χ0) is 22.3.